The maximum atomic E-state index is 11.5. The quantitative estimate of drug-likeness (QED) is 0.525. The molecule has 0 bridgehead atoms. The van der Waals surface area contributed by atoms with Crippen LogP contribution in [0, 0.1) is 5.92 Å². The smallest absolute Gasteiger partial charge is 0.414 e. The summed E-state index contributed by atoms with van der Waals surface area (Å²) in [7, 11) is 0. The first kappa shape index (κ1) is 16.3. The molecule has 7 nitrogen and oxygen atoms in total. The number of hydrogen-bond donors (Lipinski definition) is 3. The lowest BCUT2D eigenvalue weighted by molar-refractivity contribution is -0.142. The summed E-state index contributed by atoms with van der Waals surface area (Å²) in [5, 5.41) is 11.3. The number of hydrogen-bond acceptors (Lipinski definition) is 4. The number of carbonyl (C=O) groups excluding carboxylic acids is 1. The van der Waals surface area contributed by atoms with Gasteiger partial charge in [-0.25, -0.2) is 9.79 Å². The first-order valence-corrected chi connectivity index (χ1v) is 6.73. The van der Waals surface area contributed by atoms with Gasteiger partial charge in [-0.1, -0.05) is 0 Å². The molecule has 0 radical (unpaired) electrons. The number of carboxylic acids is 1. The highest BCUT2D eigenvalue weighted by atomic mass is 16.6. The van der Waals surface area contributed by atoms with Gasteiger partial charge in [-0.2, -0.15) is 0 Å². The second kappa shape index (κ2) is 6.58. The molecule has 1 rings (SSSR count). The fourth-order valence-electron chi connectivity index (χ4n) is 2.09. The molecule has 0 atom stereocenters. The van der Waals surface area contributed by atoms with E-state index in [1.54, 1.807) is 20.8 Å². The molecule has 0 unspecified atom stereocenters. The van der Waals surface area contributed by atoms with Crippen molar-refractivity contribution < 1.29 is 19.4 Å². The molecule has 4 N–H and O–H groups in total. The molecule has 1 aliphatic carbocycles. The molecule has 0 aliphatic heterocycles. The zero-order valence-corrected chi connectivity index (χ0v) is 12.2. The normalized spacial score (nSPS) is 24.1. The van der Waals surface area contributed by atoms with Crippen molar-refractivity contribution in [2.75, 3.05) is 0 Å². The van der Waals surface area contributed by atoms with Gasteiger partial charge >= 0.3 is 12.1 Å². The summed E-state index contributed by atoms with van der Waals surface area (Å²) in [4.78, 5) is 26.5. The molecule has 0 heterocycles. The molecule has 0 spiro atoms. The summed E-state index contributed by atoms with van der Waals surface area (Å²) in [5.74, 6) is -1.04. The summed E-state index contributed by atoms with van der Waals surface area (Å²) in [6.45, 7) is 5.27. The van der Waals surface area contributed by atoms with Crippen molar-refractivity contribution in [1.29, 1.82) is 0 Å². The van der Waals surface area contributed by atoms with Crippen molar-refractivity contribution >= 4 is 18.0 Å². The maximum absolute atomic E-state index is 11.5. The van der Waals surface area contributed by atoms with Crippen LogP contribution in [0.15, 0.2) is 4.99 Å². The molecule has 7 heteroatoms. The largest absolute Gasteiger partial charge is 0.481 e. The summed E-state index contributed by atoms with van der Waals surface area (Å²) in [5.41, 5.74) is 5.05. The van der Waals surface area contributed by atoms with Gasteiger partial charge in [-0.3, -0.25) is 10.1 Å². The highest BCUT2D eigenvalue weighted by molar-refractivity contribution is 5.93. The van der Waals surface area contributed by atoms with Crippen LogP contribution in [-0.4, -0.2) is 34.8 Å². The van der Waals surface area contributed by atoms with Crippen LogP contribution in [0.3, 0.4) is 0 Å². The van der Waals surface area contributed by atoms with E-state index in [1.807, 2.05) is 0 Å². The van der Waals surface area contributed by atoms with Crippen LogP contribution >= 0.6 is 0 Å². The zero-order chi connectivity index (χ0) is 15.3. The second-order valence-electron chi connectivity index (χ2n) is 5.98. The minimum absolute atomic E-state index is 0.0121. The van der Waals surface area contributed by atoms with E-state index < -0.39 is 17.7 Å². The lowest BCUT2D eigenvalue weighted by Gasteiger charge is -2.24. The third kappa shape index (κ3) is 5.90. The Balaban J connectivity index is 2.42. The van der Waals surface area contributed by atoms with Gasteiger partial charge in [0.25, 0.3) is 0 Å². The number of carbonyl (C=O) groups is 2. The third-order valence-electron chi connectivity index (χ3n) is 3.00. The number of alkyl carbamates (subject to hydrolysis) is 1. The van der Waals surface area contributed by atoms with Gasteiger partial charge in [0, 0.05) is 0 Å². The Kier molecular flexibility index (Phi) is 5.35. The average molecular weight is 285 g/mol. The second-order valence-corrected chi connectivity index (χ2v) is 5.98. The number of aliphatic imine (C=N–C) groups is 1. The van der Waals surface area contributed by atoms with Gasteiger partial charge in [-0.05, 0) is 46.5 Å². The average Bonchev–Trinajstić information content (AvgIpc) is 2.26. The SMILES string of the molecule is CC(C)(C)OC(=O)NC(N)=NC1CCC(C(=O)O)CC1. The highest BCUT2D eigenvalue weighted by Crippen LogP contribution is 2.26. The number of nitrogens with one attached hydrogen (secondary N) is 1. The standard InChI is InChI=1S/C13H23N3O4/c1-13(2,3)20-12(19)16-11(14)15-9-6-4-8(5-7-9)10(17)18/h8-9H,4-7H2,1-3H3,(H,17,18)(H3,14,15,16,19). The fourth-order valence-corrected chi connectivity index (χ4v) is 2.09. The molecule has 114 valence electrons. The predicted molar refractivity (Wildman–Crippen MR) is 74.4 cm³/mol. The Labute approximate surface area is 118 Å². The van der Waals surface area contributed by atoms with Crippen LogP contribution in [0.25, 0.3) is 0 Å². The van der Waals surface area contributed by atoms with Crippen LogP contribution < -0.4 is 11.1 Å². The van der Waals surface area contributed by atoms with Crippen LogP contribution in [0.2, 0.25) is 0 Å². The fraction of sp³-hybridized carbons (Fsp3) is 0.769. The van der Waals surface area contributed by atoms with Crippen molar-refractivity contribution in [3.63, 3.8) is 0 Å². The molecule has 1 aliphatic rings. The number of nitrogens with zero attached hydrogens (tertiary/aromatic N) is 1. The van der Waals surface area contributed by atoms with Crippen molar-refractivity contribution in [2.24, 2.45) is 16.6 Å². The van der Waals surface area contributed by atoms with Gasteiger partial charge in [0.05, 0.1) is 12.0 Å². The molecular weight excluding hydrogens is 262 g/mol. The molecule has 0 aromatic heterocycles. The minimum atomic E-state index is -0.757. The van der Waals surface area contributed by atoms with E-state index in [0.717, 1.165) is 0 Å². The topological polar surface area (TPSA) is 114 Å². The molecule has 1 saturated carbocycles. The van der Waals surface area contributed by atoms with E-state index in [4.69, 9.17) is 15.6 Å². The summed E-state index contributed by atoms with van der Waals surface area (Å²) in [6, 6.07) is -0.0412. The van der Waals surface area contributed by atoms with Crippen LogP contribution in [0.5, 0.6) is 0 Å². The Morgan fingerprint density at radius 3 is 2.25 bits per heavy atom. The van der Waals surface area contributed by atoms with E-state index in [1.165, 1.54) is 0 Å². The summed E-state index contributed by atoms with van der Waals surface area (Å²) >= 11 is 0. The first-order chi connectivity index (χ1) is 9.17. The number of amides is 1. The van der Waals surface area contributed by atoms with Crippen molar-refractivity contribution in [3.05, 3.63) is 0 Å². The zero-order valence-electron chi connectivity index (χ0n) is 12.2. The van der Waals surface area contributed by atoms with Crippen LogP contribution in [0.4, 0.5) is 4.79 Å². The molecule has 1 fully saturated rings. The molecule has 0 aromatic carbocycles. The van der Waals surface area contributed by atoms with E-state index >= 15 is 0 Å². The highest BCUT2D eigenvalue weighted by Gasteiger charge is 2.26. The minimum Gasteiger partial charge on any atom is -0.481 e. The van der Waals surface area contributed by atoms with Crippen molar-refractivity contribution in [2.45, 2.75) is 58.1 Å². The number of carboxylic acid groups (broad SMARTS) is 1. The van der Waals surface area contributed by atoms with Gasteiger partial charge < -0.3 is 15.6 Å². The van der Waals surface area contributed by atoms with Gasteiger partial charge in [-0.15, -0.1) is 0 Å². The number of ether oxygens (including phenoxy) is 1. The van der Waals surface area contributed by atoms with E-state index in [-0.39, 0.29) is 17.9 Å². The van der Waals surface area contributed by atoms with Gasteiger partial charge in [0.15, 0.2) is 5.96 Å². The Hall–Kier alpha value is -1.79. The van der Waals surface area contributed by atoms with Crippen LogP contribution in [0.1, 0.15) is 46.5 Å². The molecule has 0 saturated heterocycles. The predicted octanol–water partition coefficient (Wildman–Crippen LogP) is 1.47. The van der Waals surface area contributed by atoms with Crippen molar-refractivity contribution in [1.82, 2.24) is 5.32 Å². The van der Waals surface area contributed by atoms with E-state index in [2.05, 4.69) is 10.3 Å². The molecule has 0 aromatic rings. The molecule has 20 heavy (non-hydrogen) atoms. The number of rotatable bonds is 2. The Morgan fingerprint density at radius 2 is 1.80 bits per heavy atom. The lowest BCUT2D eigenvalue weighted by Crippen LogP contribution is -2.41. The number of guanidine groups is 1. The monoisotopic (exact) mass is 285 g/mol. The van der Waals surface area contributed by atoms with Gasteiger partial charge in [0.2, 0.25) is 0 Å². The van der Waals surface area contributed by atoms with E-state index in [9.17, 15) is 9.59 Å². The summed E-state index contributed by atoms with van der Waals surface area (Å²) in [6.07, 6.45) is 1.85. The molecule has 1 amide bonds. The third-order valence-corrected chi connectivity index (χ3v) is 3.00. The van der Waals surface area contributed by atoms with Crippen LogP contribution in [-0.2, 0) is 9.53 Å². The Bertz CT molecular complexity index is 393. The lowest BCUT2D eigenvalue weighted by atomic mass is 9.86. The number of aliphatic carboxylic acids is 1. The Morgan fingerprint density at radius 1 is 1.25 bits per heavy atom. The van der Waals surface area contributed by atoms with Gasteiger partial charge in [0.1, 0.15) is 5.60 Å². The number of nitrogens with two attached hydrogens (primary N) is 1. The first-order valence-electron chi connectivity index (χ1n) is 6.73. The maximum Gasteiger partial charge on any atom is 0.414 e. The summed E-state index contributed by atoms with van der Waals surface area (Å²) < 4.78 is 5.06. The van der Waals surface area contributed by atoms with E-state index in [0.29, 0.717) is 25.7 Å². The van der Waals surface area contributed by atoms with Crippen molar-refractivity contribution in [3.8, 4) is 0 Å². The molecular formula is C13H23N3O4.